The lowest BCUT2D eigenvalue weighted by Gasteiger charge is -2.11. The topological polar surface area (TPSA) is 104 Å². The Labute approximate surface area is 182 Å². The smallest absolute Gasteiger partial charge is 0.339 e. The van der Waals surface area contributed by atoms with E-state index in [0.717, 1.165) is 22.3 Å². The van der Waals surface area contributed by atoms with Gasteiger partial charge in [-0.3, -0.25) is 19.4 Å². The standard InChI is InChI=1S/C23H18N6O3/c1-15(30)31-32-21-7-4-6-19-22(21)23(26-14-25-19)28-17-8-9-20-16(11-17)12-27-29(20)13-18-5-2-3-10-24-18/h2-12,14H,13H2,1H3,(H,25,26,28). The van der Waals surface area contributed by atoms with Crippen LogP contribution < -0.4 is 10.2 Å². The molecule has 0 amide bonds. The Hall–Kier alpha value is -4.53. The number of carbonyl (C=O) groups excluding carboxylic acids is 1. The van der Waals surface area contributed by atoms with Gasteiger partial charge in [-0.15, -0.1) is 0 Å². The molecule has 0 saturated heterocycles. The normalized spacial score (nSPS) is 10.9. The quantitative estimate of drug-likeness (QED) is 0.321. The number of aromatic nitrogens is 5. The van der Waals surface area contributed by atoms with Crippen LogP contribution in [0.3, 0.4) is 0 Å². The van der Waals surface area contributed by atoms with E-state index in [1.807, 2.05) is 53.3 Å². The van der Waals surface area contributed by atoms with Crippen molar-refractivity contribution in [2.45, 2.75) is 13.5 Å². The van der Waals surface area contributed by atoms with Crippen molar-refractivity contribution in [1.82, 2.24) is 24.7 Å². The van der Waals surface area contributed by atoms with Crippen LogP contribution in [0.1, 0.15) is 12.6 Å². The summed E-state index contributed by atoms with van der Waals surface area (Å²) in [6.07, 6.45) is 5.05. The van der Waals surface area contributed by atoms with Crippen molar-refractivity contribution in [3.63, 3.8) is 0 Å². The molecule has 0 atom stereocenters. The third kappa shape index (κ3) is 3.91. The lowest BCUT2D eigenvalue weighted by atomic mass is 10.2. The molecule has 3 aromatic heterocycles. The Balaban J connectivity index is 1.46. The lowest BCUT2D eigenvalue weighted by Crippen LogP contribution is -2.04. The average Bonchev–Trinajstić information content (AvgIpc) is 3.20. The van der Waals surface area contributed by atoms with Gasteiger partial charge in [0.05, 0.1) is 34.9 Å². The molecule has 32 heavy (non-hydrogen) atoms. The highest BCUT2D eigenvalue weighted by Crippen LogP contribution is 2.32. The summed E-state index contributed by atoms with van der Waals surface area (Å²) in [4.78, 5) is 34.1. The van der Waals surface area contributed by atoms with E-state index in [1.165, 1.54) is 13.3 Å². The molecule has 0 fully saturated rings. The first-order chi connectivity index (χ1) is 15.7. The van der Waals surface area contributed by atoms with Gasteiger partial charge in [0, 0.05) is 24.2 Å². The molecule has 3 heterocycles. The number of fused-ring (bicyclic) bond motifs is 2. The van der Waals surface area contributed by atoms with Crippen LogP contribution in [0.15, 0.2) is 73.3 Å². The van der Waals surface area contributed by atoms with E-state index >= 15 is 0 Å². The molecular weight excluding hydrogens is 408 g/mol. The predicted molar refractivity (Wildman–Crippen MR) is 118 cm³/mol. The number of hydrogen-bond donors (Lipinski definition) is 1. The summed E-state index contributed by atoms with van der Waals surface area (Å²) >= 11 is 0. The Morgan fingerprint density at radius 1 is 1.06 bits per heavy atom. The van der Waals surface area contributed by atoms with Crippen LogP contribution in [0, 0.1) is 0 Å². The van der Waals surface area contributed by atoms with Crippen LogP contribution in [-0.2, 0) is 16.2 Å². The fraction of sp³-hybridized carbons (Fsp3) is 0.0870. The number of pyridine rings is 1. The second-order valence-corrected chi connectivity index (χ2v) is 7.05. The molecule has 0 saturated carbocycles. The Kier molecular flexibility index (Phi) is 5.04. The molecule has 0 spiro atoms. The zero-order valence-corrected chi connectivity index (χ0v) is 17.1. The van der Waals surface area contributed by atoms with Crippen molar-refractivity contribution in [2.24, 2.45) is 0 Å². The van der Waals surface area contributed by atoms with Gasteiger partial charge < -0.3 is 5.32 Å². The van der Waals surface area contributed by atoms with Crippen molar-refractivity contribution >= 4 is 39.3 Å². The fourth-order valence-corrected chi connectivity index (χ4v) is 3.42. The third-order valence-electron chi connectivity index (χ3n) is 4.82. The third-order valence-corrected chi connectivity index (χ3v) is 4.82. The van der Waals surface area contributed by atoms with Crippen LogP contribution in [-0.4, -0.2) is 30.7 Å². The second kappa shape index (κ2) is 8.31. The summed E-state index contributed by atoms with van der Waals surface area (Å²) in [6.45, 7) is 1.86. The molecular formula is C23H18N6O3. The van der Waals surface area contributed by atoms with Gasteiger partial charge in [-0.1, -0.05) is 12.1 Å². The SMILES string of the molecule is CC(=O)OOc1cccc2ncnc(Nc3ccc4c(cnn4Cc4ccccn4)c3)c12. The summed E-state index contributed by atoms with van der Waals surface area (Å²) in [7, 11) is 0. The minimum atomic E-state index is -0.554. The maximum absolute atomic E-state index is 11.2. The molecule has 0 aliphatic rings. The molecule has 0 unspecified atom stereocenters. The number of nitrogens with zero attached hydrogens (tertiary/aromatic N) is 5. The molecule has 2 aromatic carbocycles. The number of benzene rings is 2. The van der Waals surface area contributed by atoms with Crippen molar-refractivity contribution < 1.29 is 14.6 Å². The monoisotopic (exact) mass is 426 g/mol. The lowest BCUT2D eigenvalue weighted by molar-refractivity contribution is -0.210. The first-order valence-electron chi connectivity index (χ1n) is 9.89. The zero-order valence-electron chi connectivity index (χ0n) is 17.1. The highest BCUT2D eigenvalue weighted by molar-refractivity contribution is 5.96. The molecule has 0 bridgehead atoms. The van der Waals surface area contributed by atoms with Crippen molar-refractivity contribution in [2.75, 3.05) is 5.32 Å². The van der Waals surface area contributed by atoms with E-state index in [2.05, 4.69) is 25.4 Å². The number of anilines is 2. The van der Waals surface area contributed by atoms with E-state index in [1.54, 1.807) is 18.3 Å². The van der Waals surface area contributed by atoms with Gasteiger partial charge in [0.2, 0.25) is 0 Å². The van der Waals surface area contributed by atoms with E-state index in [-0.39, 0.29) is 0 Å². The van der Waals surface area contributed by atoms with Crippen molar-refractivity contribution in [1.29, 1.82) is 0 Å². The number of hydrogen-bond acceptors (Lipinski definition) is 8. The van der Waals surface area contributed by atoms with Gasteiger partial charge in [0.1, 0.15) is 12.1 Å². The molecule has 0 aliphatic carbocycles. The number of carbonyl (C=O) groups is 1. The van der Waals surface area contributed by atoms with E-state index in [4.69, 9.17) is 9.78 Å². The first-order valence-corrected chi connectivity index (χ1v) is 9.89. The summed E-state index contributed by atoms with van der Waals surface area (Å²) in [5.74, 6) is 0.310. The predicted octanol–water partition coefficient (Wildman–Crippen LogP) is 4.02. The van der Waals surface area contributed by atoms with E-state index in [9.17, 15) is 4.79 Å². The molecule has 5 aromatic rings. The van der Waals surface area contributed by atoms with Crippen molar-refractivity contribution in [3.05, 3.63) is 79.0 Å². The maximum atomic E-state index is 11.2. The molecule has 0 radical (unpaired) electrons. The minimum absolute atomic E-state index is 0.338. The average molecular weight is 426 g/mol. The summed E-state index contributed by atoms with van der Waals surface area (Å²) in [5, 5.41) is 9.38. The molecule has 1 N–H and O–H groups in total. The highest BCUT2D eigenvalue weighted by Gasteiger charge is 2.13. The van der Waals surface area contributed by atoms with Gasteiger partial charge in [-0.25, -0.2) is 14.8 Å². The van der Waals surface area contributed by atoms with Crippen LogP contribution in [0.2, 0.25) is 0 Å². The first kappa shape index (κ1) is 19.4. The van der Waals surface area contributed by atoms with Gasteiger partial charge in [-0.2, -0.15) is 5.10 Å². The highest BCUT2D eigenvalue weighted by atomic mass is 17.2. The van der Waals surface area contributed by atoms with E-state index < -0.39 is 5.97 Å². The minimum Gasteiger partial charge on any atom is -0.339 e. The molecule has 9 heteroatoms. The van der Waals surface area contributed by atoms with Crippen LogP contribution in [0.25, 0.3) is 21.8 Å². The summed E-state index contributed by atoms with van der Waals surface area (Å²) < 4.78 is 1.91. The Morgan fingerprint density at radius 3 is 2.84 bits per heavy atom. The summed E-state index contributed by atoms with van der Waals surface area (Å²) in [6, 6.07) is 17.0. The van der Waals surface area contributed by atoms with Crippen LogP contribution in [0.4, 0.5) is 11.5 Å². The maximum Gasteiger partial charge on any atom is 0.352 e. The Morgan fingerprint density at radius 2 is 2.00 bits per heavy atom. The molecule has 5 rings (SSSR count). The van der Waals surface area contributed by atoms with Gasteiger partial charge in [-0.05, 0) is 42.5 Å². The number of rotatable bonds is 6. The zero-order chi connectivity index (χ0) is 21.9. The molecule has 0 aliphatic heterocycles. The molecule has 9 nitrogen and oxygen atoms in total. The van der Waals surface area contributed by atoms with Crippen molar-refractivity contribution in [3.8, 4) is 5.75 Å². The fourth-order valence-electron chi connectivity index (χ4n) is 3.42. The van der Waals surface area contributed by atoms with Gasteiger partial charge in [0.15, 0.2) is 5.75 Å². The molecule has 158 valence electrons. The Bertz CT molecular complexity index is 1410. The van der Waals surface area contributed by atoms with Crippen LogP contribution >= 0.6 is 0 Å². The largest absolute Gasteiger partial charge is 0.352 e. The van der Waals surface area contributed by atoms with Gasteiger partial charge in [0.25, 0.3) is 0 Å². The van der Waals surface area contributed by atoms with Crippen LogP contribution in [0.5, 0.6) is 5.75 Å². The van der Waals surface area contributed by atoms with E-state index in [0.29, 0.717) is 29.0 Å². The second-order valence-electron chi connectivity index (χ2n) is 7.05. The van der Waals surface area contributed by atoms with Gasteiger partial charge >= 0.3 is 5.97 Å². The number of nitrogens with one attached hydrogen (secondary N) is 1. The summed E-state index contributed by atoms with van der Waals surface area (Å²) in [5.41, 5.74) is 3.40.